The average Bonchev–Trinajstić information content (AvgIpc) is 2.39. The molecule has 0 saturated heterocycles. The Kier molecular flexibility index (Phi) is 4.91. The van der Waals surface area contributed by atoms with Crippen molar-refractivity contribution in [3.63, 3.8) is 0 Å². The van der Waals surface area contributed by atoms with E-state index in [4.69, 9.17) is 10.5 Å². The lowest BCUT2D eigenvalue weighted by molar-refractivity contribution is 0.299. The van der Waals surface area contributed by atoms with Crippen LogP contribution in [0.1, 0.15) is 29.4 Å². The molecule has 0 aliphatic rings. The van der Waals surface area contributed by atoms with Gasteiger partial charge in [0.15, 0.2) is 0 Å². The zero-order valence-corrected chi connectivity index (χ0v) is 12.7. The number of rotatable bonds is 5. The van der Waals surface area contributed by atoms with Gasteiger partial charge in [-0.3, -0.25) is 4.98 Å². The molecule has 3 nitrogen and oxygen atoms in total. The van der Waals surface area contributed by atoms with Crippen LogP contribution in [0.5, 0.6) is 5.75 Å². The number of pyridine rings is 1. The molecule has 1 unspecified atom stereocenters. The van der Waals surface area contributed by atoms with Crippen molar-refractivity contribution in [3.8, 4) is 5.75 Å². The molecule has 112 valence electrons. The molecule has 1 aromatic carbocycles. The second kappa shape index (κ2) is 6.68. The second-order valence-electron chi connectivity index (χ2n) is 5.44. The molecule has 0 saturated carbocycles. The summed E-state index contributed by atoms with van der Waals surface area (Å²) in [7, 11) is 0. The summed E-state index contributed by atoms with van der Waals surface area (Å²) in [5, 5.41) is 0. The van der Waals surface area contributed by atoms with E-state index in [1.807, 2.05) is 32.9 Å². The van der Waals surface area contributed by atoms with Crippen LogP contribution < -0.4 is 10.5 Å². The zero-order chi connectivity index (χ0) is 15.4. The van der Waals surface area contributed by atoms with Crippen LogP contribution in [-0.4, -0.2) is 11.0 Å². The monoisotopic (exact) mass is 288 g/mol. The van der Waals surface area contributed by atoms with Crippen molar-refractivity contribution in [3.05, 3.63) is 58.7 Å². The molecule has 0 radical (unpaired) electrons. The van der Waals surface area contributed by atoms with Gasteiger partial charge in [-0.1, -0.05) is 6.07 Å². The van der Waals surface area contributed by atoms with Crippen LogP contribution in [0.15, 0.2) is 30.3 Å². The van der Waals surface area contributed by atoms with E-state index in [1.165, 1.54) is 12.1 Å². The Hall–Kier alpha value is -1.94. The number of nitrogens with two attached hydrogens (primary N) is 1. The standard InChI is InChI=1S/C17H21FN2O/c1-11-8-15(18)6-5-14(11)10-21-17-7-4-13(3)20-16(17)9-12(2)19/h4-8,12H,9-10,19H2,1-3H3. The molecule has 2 aromatic rings. The van der Waals surface area contributed by atoms with Crippen LogP contribution in [0.25, 0.3) is 0 Å². The molecule has 1 heterocycles. The SMILES string of the molecule is Cc1ccc(OCc2ccc(F)cc2C)c(CC(C)N)n1. The molecule has 0 spiro atoms. The van der Waals surface area contributed by atoms with Gasteiger partial charge in [-0.05, 0) is 56.2 Å². The average molecular weight is 288 g/mol. The number of aryl methyl sites for hydroxylation is 2. The molecule has 0 bridgehead atoms. The summed E-state index contributed by atoms with van der Waals surface area (Å²) in [6.45, 7) is 6.15. The van der Waals surface area contributed by atoms with Crippen molar-refractivity contribution in [1.29, 1.82) is 0 Å². The molecule has 0 aliphatic carbocycles. The van der Waals surface area contributed by atoms with Crippen LogP contribution in [0, 0.1) is 19.7 Å². The van der Waals surface area contributed by atoms with E-state index >= 15 is 0 Å². The molecule has 4 heteroatoms. The Bertz CT molecular complexity index is 626. The molecule has 21 heavy (non-hydrogen) atoms. The maximum absolute atomic E-state index is 13.1. The predicted molar refractivity (Wildman–Crippen MR) is 81.8 cm³/mol. The summed E-state index contributed by atoms with van der Waals surface area (Å²) >= 11 is 0. The van der Waals surface area contributed by atoms with Gasteiger partial charge in [0.1, 0.15) is 18.2 Å². The third-order valence-corrected chi connectivity index (χ3v) is 3.27. The summed E-state index contributed by atoms with van der Waals surface area (Å²) in [5.41, 5.74) is 9.50. The van der Waals surface area contributed by atoms with Crippen LogP contribution in [-0.2, 0) is 13.0 Å². The van der Waals surface area contributed by atoms with E-state index in [1.54, 1.807) is 6.07 Å². The minimum atomic E-state index is -0.231. The minimum absolute atomic E-state index is 0.0224. The van der Waals surface area contributed by atoms with E-state index in [0.29, 0.717) is 13.0 Å². The van der Waals surface area contributed by atoms with E-state index in [-0.39, 0.29) is 11.9 Å². The van der Waals surface area contributed by atoms with Crippen molar-refractivity contribution in [2.45, 2.75) is 39.8 Å². The van der Waals surface area contributed by atoms with Crippen LogP contribution in [0.3, 0.4) is 0 Å². The van der Waals surface area contributed by atoms with Crippen LogP contribution in [0.4, 0.5) is 4.39 Å². The number of nitrogens with zero attached hydrogens (tertiary/aromatic N) is 1. The number of aromatic nitrogens is 1. The number of benzene rings is 1. The van der Waals surface area contributed by atoms with Crippen molar-refractivity contribution in [2.24, 2.45) is 5.73 Å². The van der Waals surface area contributed by atoms with Gasteiger partial charge in [-0.2, -0.15) is 0 Å². The summed E-state index contributed by atoms with van der Waals surface area (Å²) < 4.78 is 19.0. The fourth-order valence-corrected chi connectivity index (χ4v) is 2.16. The Labute approximate surface area is 125 Å². The van der Waals surface area contributed by atoms with Crippen molar-refractivity contribution in [2.75, 3.05) is 0 Å². The number of halogens is 1. The van der Waals surface area contributed by atoms with Gasteiger partial charge in [0.05, 0.1) is 5.69 Å². The lowest BCUT2D eigenvalue weighted by Crippen LogP contribution is -2.19. The first-order valence-electron chi connectivity index (χ1n) is 7.05. The highest BCUT2D eigenvalue weighted by Crippen LogP contribution is 2.21. The first-order valence-corrected chi connectivity index (χ1v) is 7.05. The molecule has 0 aliphatic heterocycles. The Morgan fingerprint density at radius 3 is 2.67 bits per heavy atom. The van der Waals surface area contributed by atoms with Crippen LogP contribution in [0.2, 0.25) is 0 Å². The lowest BCUT2D eigenvalue weighted by atomic mass is 10.1. The van der Waals surface area contributed by atoms with E-state index < -0.39 is 0 Å². The van der Waals surface area contributed by atoms with Gasteiger partial charge < -0.3 is 10.5 Å². The van der Waals surface area contributed by atoms with E-state index in [2.05, 4.69) is 4.98 Å². The molecule has 0 fully saturated rings. The topological polar surface area (TPSA) is 48.1 Å². The van der Waals surface area contributed by atoms with Gasteiger partial charge in [-0.25, -0.2) is 4.39 Å². The summed E-state index contributed by atoms with van der Waals surface area (Å²) in [5.74, 6) is 0.507. The van der Waals surface area contributed by atoms with Crippen molar-refractivity contribution < 1.29 is 9.13 Å². The van der Waals surface area contributed by atoms with Gasteiger partial charge >= 0.3 is 0 Å². The molecular formula is C17H21FN2O. The molecule has 1 aromatic heterocycles. The van der Waals surface area contributed by atoms with E-state index in [9.17, 15) is 4.39 Å². The number of hydrogen-bond donors (Lipinski definition) is 1. The Morgan fingerprint density at radius 2 is 2.00 bits per heavy atom. The molecule has 1 atom stereocenters. The first-order chi connectivity index (χ1) is 9.95. The maximum Gasteiger partial charge on any atom is 0.141 e. The molecule has 2 N–H and O–H groups in total. The van der Waals surface area contributed by atoms with Gasteiger partial charge in [0.25, 0.3) is 0 Å². The highest BCUT2D eigenvalue weighted by atomic mass is 19.1. The molecular weight excluding hydrogens is 267 g/mol. The largest absolute Gasteiger partial charge is 0.487 e. The first kappa shape index (κ1) is 15.4. The van der Waals surface area contributed by atoms with Gasteiger partial charge in [0.2, 0.25) is 0 Å². The summed E-state index contributed by atoms with van der Waals surface area (Å²) in [4.78, 5) is 4.50. The fraction of sp³-hybridized carbons (Fsp3) is 0.353. The van der Waals surface area contributed by atoms with E-state index in [0.717, 1.165) is 28.3 Å². The van der Waals surface area contributed by atoms with Crippen LogP contribution >= 0.6 is 0 Å². The maximum atomic E-state index is 13.1. The molecule has 0 amide bonds. The highest BCUT2D eigenvalue weighted by Gasteiger charge is 2.09. The Balaban J connectivity index is 2.15. The third-order valence-electron chi connectivity index (χ3n) is 3.27. The minimum Gasteiger partial charge on any atom is -0.487 e. The smallest absolute Gasteiger partial charge is 0.141 e. The molecule has 2 rings (SSSR count). The third kappa shape index (κ3) is 4.26. The normalized spacial score (nSPS) is 12.2. The summed E-state index contributed by atoms with van der Waals surface area (Å²) in [6.07, 6.45) is 0.666. The predicted octanol–water partition coefficient (Wildman–Crippen LogP) is 3.31. The fourth-order valence-electron chi connectivity index (χ4n) is 2.16. The van der Waals surface area contributed by atoms with Crippen molar-refractivity contribution in [1.82, 2.24) is 4.98 Å². The van der Waals surface area contributed by atoms with Crippen molar-refractivity contribution >= 4 is 0 Å². The quantitative estimate of drug-likeness (QED) is 0.918. The Morgan fingerprint density at radius 1 is 1.24 bits per heavy atom. The zero-order valence-electron chi connectivity index (χ0n) is 12.7. The summed E-state index contributed by atoms with van der Waals surface area (Å²) in [6, 6.07) is 8.56. The highest BCUT2D eigenvalue weighted by molar-refractivity contribution is 5.31. The van der Waals surface area contributed by atoms with Gasteiger partial charge in [-0.15, -0.1) is 0 Å². The number of ether oxygens (including phenoxy) is 1. The number of hydrogen-bond acceptors (Lipinski definition) is 3. The lowest BCUT2D eigenvalue weighted by Gasteiger charge is -2.14. The second-order valence-corrected chi connectivity index (χ2v) is 5.44. The van der Waals surface area contributed by atoms with Gasteiger partial charge in [0, 0.05) is 18.2 Å².